The number of benzene rings is 4. The van der Waals surface area contributed by atoms with E-state index >= 15 is 0 Å². The van der Waals surface area contributed by atoms with E-state index in [1.54, 1.807) is 11.3 Å². The fourth-order valence-corrected chi connectivity index (χ4v) is 5.83. The van der Waals surface area contributed by atoms with Crippen molar-refractivity contribution in [1.29, 1.82) is 0 Å². The predicted molar refractivity (Wildman–Crippen MR) is 145 cm³/mol. The standard InChI is InChI=1S/C31H20N2S/c1-3-9-21(10-4-1)24-19-27(22-11-5-2-6-12-22)32-29(20-24)33-28-14-8-7-13-25(28)26-16-15-23-17-18-34-31(23)30(26)33/h1-20H. The molecular formula is C31H20N2S. The lowest BCUT2D eigenvalue weighted by Crippen LogP contribution is -2.00. The minimum atomic E-state index is 0.937. The lowest BCUT2D eigenvalue weighted by atomic mass is 10.0. The minimum absolute atomic E-state index is 0.937. The normalized spacial score (nSPS) is 11.5. The Labute approximate surface area is 201 Å². The van der Waals surface area contributed by atoms with Gasteiger partial charge in [-0.2, -0.15) is 0 Å². The van der Waals surface area contributed by atoms with E-state index in [1.807, 2.05) is 6.07 Å². The van der Waals surface area contributed by atoms with Crippen LogP contribution < -0.4 is 0 Å². The van der Waals surface area contributed by atoms with E-state index in [0.29, 0.717) is 0 Å². The van der Waals surface area contributed by atoms with Crippen LogP contribution in [-0.4, -0.2) is 9.55 Å². The van der Waals surface area contributed by atoms with Crippen molar-refractivity contribution in [3.8, 4) is 28.2 Å². The fourth-order valence-electron chi connectivity index (χ4n) is 4.90. The Morgan fingerprint density at radius 3 is 2.15 bits per heavy atom. The lowest BCUT2D eigenvalue weighted by Gasteiger charge is -2.13. The van der Waals surface area contributed by atoms with Crippen LogP contribution in [0.4, 0.5) is 0 Å². The molecule has 0 bridgehead atoms. The number of thiophene rings is 1. The summed E-state index contributed by atoms with van der Waals surface area (Å²) in [5, 5.41) is 5.96. The Hall–Kier alpha value is -4.21. The Balaban J connectivity index is 1.62. The molecule has 0 spiro atoms. The molecule has 4 aromatic carbocycles. The maximum Gasteiger partial charge on any atom is 0.138 e. The summed E-state index contributed by atoms with van der Waals surface area (Å²) in [5.74, 6) is 0.937. The van der Waals surface area contributed by atoms with Gasteiger partial charge in [0.1, 0.15) is 5.82 Å². The average Bonchev–Trinajstić information content (AvgIpc) is 3.52. The summed E-state index contributed by atoms with van der Waals surface area (Å²) >= 11 is 1.79. The summed E-state index contributed by atoms with van der Waals surface area (Å²) in [4.78, 5) is 5.23. The molecule has 34 heavy (non-hydrogen) atoms. The quantitative estimate of drug-likeness (QED) is 0.262. The topological polar surface area (TPSA) is 17.8 Å². The van der Waals surface area contributed by atoms with Gasteiger partial charge in [0.15, 0.2) is 0 Å². The van der Waals surface area contributed by atoms with Gasteiger partial charge >= 0.3 is 0 Å². The number of aromatic nitrogens is 2. The second kappa shape index (κ2) is 7.68. The zero-order chi connectivity index (χ0) is 22.5. The SMILES string of the molecule is c1ccc(-c2cc(-c3ccccc3)nc(-n3c4ccccc4c4ccc5ccsc5c43)c2)cc1. The highest BCUT2D eigenvalue weighted by Gasteiger charge is 2.17. The van der Waals surface area contributed by atoms with Gasteiger partial charge in [0.25, 0.3) is 0 Å². The molecule has 0 fully saturated rings. The molecule has 0 N–H and O–H groups in total. The molecule has 3 aromatic heterocycles. The van der Waals surface area contributed by atoms with Crippen LogP contribution in [0.25, 0.3) is 60.1 Å². The predicted octanol–water partition coefficient (Wildman–Crippen LogP) is 8.73. The van der Waals surface area contributed by atoms with Gasteiger partial charge in [-0.15, -0.1) is 11.3 Å². The number of hydrogen-bond acceptors (Lipinski definition) is 2. The van der Waals surface area contributed by atoms with E-state index in [1.165, 1.54) is 37.5 Å². The van der Waals surface area contributed by atoms with Crippen molar-refractivity contribution in [3.05, 3.63) is 121 Å². The zero-order valence-electron chi connectivity index (χ0n) is 18.3. The molecule has 0 saturated heterocycles. The number of hydrogen-bond donors (Lipinski definition) is 0. The average molecular weight is 453 g/mol. The highest BCUT2D eigenvalue weighted by Crippen LogP contribution is 2.39. The molecule has 0 atom stereocenters. The van der Waals surface area contributed by atoms with Crippen LogP contribution in [0.1, 0.15) is 0 Å². The third kappa shape index (κ3) is 2.98. The van der Waals surface area contributed by atoms with Crippen LogP contribution in [0.5, 0.6) is 0 Å². The first-order chi connectivity index (χ1) is 16.9. The number of rotatable bonds is 3. The largest absolute Gasteiger partial charge is 0.292 e. The zero-order valence-corrected chi connectivity index (χ0v) is 19.2. The van der Waals surface area contributed by atoms with E-state index in [0.717, 1.165) is 22.6 Å². The Morgan fingerprint density at radius 1 is 0.588 bits per heavy atom. The van der Waals surface area contributed by atoms with Crippen LogP contribution in [0.2, 0.25) is 0 Å². The number of fused-ring (bicyclic) bond motifs is 5. The first kappa shape index (κ1) is 19.3. The first-order valence-corrected chi connectivity index (χ1v) is 12.3. The summed E-state index contributed by atoms with van der Waals surface area (Å²) in [5.41, 5.74) is 6.84. The lowest BCUT2D eigenvalue weighted by molar-refractivity contribution is 1.09. The molecule has 3 heterocycles. The smallest absolute Gasteiger partial charge is 0.138 e. The molecular weight excluding hydrogens is 432 g/mol. The monoisotopic (exact) mass is 452 g/mol. The van der Waals surface area contributed by atoms with Gasteiger partial charge in [-0.3, -0.25) is 4.57 Å². The van der Waals surface area contributed by atoms with Gasteiger partial charge in [0, 0.05) is 16.3 Å². The van der Waals surface area contributed by atoms with E-state index in [4.69, 9.17) is 4.98 Å². The van der Waals surface area contributed by atoms with E-state index in [9.17, 15) is 0 Å². The Bertz CT molecular complexity index is 1740. The summed E-state index contributed by atoms with van der Waals surface area (Å²) in [6.07, 6.45) is 0. The maximum absolute atomic E-state index is 5.23. The van der Waals surface area contributed by atoms with Crippen LogP contribution >= 0.6 is 11.3 Å². The molecule has 0 amide bonds. The summed E-state index contributed by atoms with van der Waals surface area (Å²) < 4.78 is 3.64. The molecule has 7 aromatic rings. The molecule has 160 valence electrons. The molecule has 3 heteroatoms. The van der Waals surface area contributed by atoms with Crippen molar-refractivity contribution < 1.29 is 0 Å². The van der Waals surface area contributed by atoms with Gasteiger partial charge in [-0.25, -0.2) is 4.98 Å². The van der Waals surface area contributed by atoms with Gasteiger partial charge < -0.3 is 0 Å². The van der Waals surface area contributed by atoms with Gasteiger partial charge in [-0.1, -0.05) is 91.0 Å². The highest BCUT2D eigenvalue weighted by molar-refractivity contribution is 7.18. The third-order valence-corrected chi connectivity index (χ3v) is 7.41. The van der Waals surface area contributed by atoms with Crippen LogP contribution in [0.3, 0.4) is 0 Å². The number of pyridine rings is 1. The molecule has 0 radical (unpaired) electrons. The van der Waals surface area contributed by atoms with Crippen molar-refractivity contribution >= 4 is 43.2 Å². The summed E-state index contributed by atoms with van der Waals surface area (Å²) in [6.45, 7) is 0. The van der Waals surface area contributed by atoms with Gasteiger partial charge in [-0.05, 0) is 46.2 Å². The second-order valence-corrected chi connectivity index (χ2v) is 9.40. The second-order valence-electron chi connectivity index (χ2n) is 8.48. The third-order valence-electron chi connectivity index (χ3n) is 6.47. The molecule has 0 aliphatic heterocycles. The fraction of sp³-hybridized carbons (Fsp3) is 0. The summed E-state index contributed by atoms with van der Waals surface area (Å²) in [6, 6.07) is 40.8. The van der Waals surface area contributed by atoms with E-state index in [-0.39, 0.29) is 0 Å². The molecule has 2 nitrogen and oxygen atoms in total. The van der Waals surface area contributed by atoms with Crippen LogP contribution in [0, 0.1) is 0 Å². The van der Waals surface area contributed by atoms with Crippen molar-refractivity contribution in [2.75, 3.05) is 0 Å². The Kier molecular flexibility index (Phi) is 4.36. The van der Waals surface area contributed by atoms with Gasteiger partial charge in [0.05, 0.1) is 21.4 Å². The van der Waals surface area contributed by atoms with Crippen LogP contribution in [0.15, 0.2) is 121 Å². The maximum atomic E-state index is 5.23. The number of para-hydroxylation sites is 1. The van der Waals surface area contributed by atoms with Crippen LogP contribution in [-0.2, 0) is 0 Å². The van der Waals surface area contributed by atoms with Crippen molar-refractivity contribution in [2.24, 2.45) is 0 Å². The molecule has 0 saturated carbocycles. The van der Waals surface area contributed by atoms with E-state index in [2.05, 4.69) is 119 Å². The Morgan fingerprint density at radius 2 is 1.32 bits per heavy atom. The minimum Gasteiger partial charge on any atom is -0.292 e. The molecule has 0 aliphatic rings. The van der Waals surface area contributed by atoms with Crippen molar-refractivity contribution in [2.45, 2.75) is 0 Å². The van der Waals surface area contributed by atoms with Gasteiger partial charge in [0.2, 0.25) is 0 Å². The highest BCUT2D eigenvalue weighted by atomic mass is 32.1. The molecule has 7 rings (SSSR count). The number of nitrogens with zero attached hydrogens (tertiary/aromatic N) is 2. The van der Waals surface area contributed by atoms with E-state index < -0.39 is 0 Å². The van der Waals surface area contributed by atoms with Crippen molar-refractivity contribution in [1.82, 2.24) is 9.55 Å². The summed E-state index contributed by atoms with van der Waals surface area (Å²) in [7, 11) is 0. The first-order valence-electron chi connectivity index (χ1n) is 11.4. The molecule has 0 aliphatic carbocycles. The molecule has 0 unspecified atom stereocenters. The van der Waals surface area contributed by atoms with Crippen molar-refractivity contribution in [3.63, 3.8) is 0 Å².